The minimum absolute atomic E-state index is 0.0361. The maximum atomic E-state index is 13.8. The van der Waals surface area contributed by atoms with Gasteiger partial charge in [-0.25, -0.2) is 0 Å². The van der Waals surface area contributed by atoms with Gasteiger partial charge in [-0.05, 0) is 74.2 Å². The Morgan fingerprint density at radius 1 is 1.07 bits per heavy atom. The molecule has 8 heteroatoms. The van der Waals surface area contributed by atoms with Crippen molar-refractivity contribution in [1.29, 1.82) is 5.26 Å². The third kappa shape index (κ3) is 6.67. The summed E-state index contributed by atoms with van der Waals surface area (Å²) in [5.41, 5.74) is 2.11. The van der Waals surface area contributed by atoms with E-state index in [1.807, 2.05) is 42.2 Å². The first-order chi connectivity index (χ1) is 19.6. The molecule has 210 valence electrons. The monoisotopic (exact) mass is 577 g/mol. The lowest BCUT2D eigenvalue weighted by Crippen LogP contribution is -2.41. The van der Waals surface area contributed by atoms with E-state index in [0.717, 1.165) is 54.8 Å². The molecule has 1 aliphatic heterocycles. The van der Waals surface area contributed by atoms with Crippen molar-refractivity contribution in [3.05, 3.63) is 63.0 Å². The molecular weight excluding hydrogens is 542 g/mol. The van der Waals surface area contributed by atoms with E-state index in [1.54, 1.807) is 12.1 Å². The molecule has 0 bridgehead atoms. The van der Waals surface area contributed by atoms with Gasteiger partial charge >= 0.3 is 0 Å². The maximum Gasteiger partial charge on any atom is 0.266 e. The highest BCUT2D eigenvalue weighted by Gasteiger charge is 2.39. The second-order valence-corrected chi connectivity index (χ2v) is 12.0. The number of thioether (sulfide) groups is 1. The summed E-state index contributed by atoms with van der Waals surface area (Å²) in [6, 6.07) is 13.7. The van der Waals surface area contributed by atoms with Crippen molar-refractivity contribution in [2.24, 2.45) is 4.99 Å². The molecule has 2 saturated carbocycles. The number of nitriles is 1. The van der Waals surface area contributed by atoms with Gasteiger partial charge in [0.15, 0.2) is 16.7 Å². The molecule has 1 heterocycles. The number of hydrogen-bond donors (Lipinski definition) is 0. The highest BCUT2D eigenvalue weighted by atomic mass is 35.5. The van der Waals surface area contributed by atoms with Crippen molar-refractivity contribution < 1.29 is 14.3 Å². The first-order valence-electron chi connectivity index (χ1n) is 14.5. The summed E-state index contributed by atoms with van der Waals surface area (Å²) in [6.07, 6.45) is 13.4. The van der Waals surface area contributed by atoms with Crippen LogP contribution in [0.3, 0.4) is 0 Å². The van der Waals surface area contributed by atoms with E-state index in [2.05, 4.69) is 6.07 Å². The third-order valence-corrected chi connectivity index (χ3v) is 9.06. The Kier molecular flexibility index (Phi) is 9.72. The number of carbonyl (C=O) groups is 1. The van der Waals surface area contributed by atoms with Gasteiger partial charge in [0.1, 0.15) is 6.61 Å². The molecule has 5 rings (SSSR count). The quantitative estimate of drug-likeness (QED) is 0.296. The largest absolute Gasteiger partial charge is 0.490 e. The van der Waals surface area contributed by atoms with Crippen LogP contribution < -0.4 is 9.47 Å². The van der Waals surface area contributed by atoms with Crippen molar-refractivity contribution in [2.75, 3.05) is 6.61 Å². The topological polar surface area (TPSA) is 74.9 Å². The van der Waals surface area contributed by atoms with Gasteiger partial charge in [-0.15, -0.1) is 0 Å². The van der Waals surface area contributed by atoms with Gasteiger partial charge in [-0.2, -0.15) is 5.26 Å². The summed E-state index contributed by atoms with van der Waals surface area (Å²) in [7, 11) is 0. The van der Waals surface area contributed by atoms with Crippen LogP contribution in [0.5, 0.6) is 11.5 Å². The van der Waals surface area contributed by atoms with Gasteiger partial charge in [-0.1, -0.05) is 68.3 Å². The van der Waals surface area contributed by atoms with E-state index < -0.39 is 0 Å². The number of hydrogen-bond acceptors (Lipinski definition) is 6. The summed E-state index contributed by atoms with van der Waals surface area (Å²) in [5, 5.41) is 10.7. The van der Waals surface area contributed by atoms with Crippen LogP contribution in [0.2, 0.25) is 5.02 Å². The number of nitrogens with zero attached hydrogens (tertiary/aromatic N) is 3. The molecule has 6 nitrogen and oxygen atoms in total. The van der Waals surface area contributed by atoms with Crippen LogP contribution >= 0.6 is 23.4 Å². The lowest BCUT2D eigenvalue weighted by molar-refractivity contribution is -0.124. The molecule has 0 atom stereocenters. The van der Waals surface area contributed by atoms with Crippen LogP contribution in [-0.2, 0) is 11.4 Å². The summed E-state index contributed by atoms with van der Waals surface area (Å²) in [5.74, 6) is 0.966. The number of ether oxygens (including phenoxy) is 2. The van der Waals surface area contributed by atoms with Gasteiger partial charge in [0.05, 0.1) is 34.2 Å². The molecule has 2 aromatic rings. The molecule has 3 aliphatic rings. The molecule has 2 aliphatic carbocycles. The molecule has 1 amide bonds. The van der Waals surface area contributed by atoms with Crippen molar-refractivity contribution in [1.82, 2.24) is 4.90 Å². The third-order valence-electron chi connectivity index (χ3n) is 7.78. The van der Waals surface area contributed by atoms with E-state index in [0.29, 0.717) is 39.6 Å². The lowest BCUT2D eigenvalue weighted by Gasteiger charge is -2.31. The van der Waals surface area contributed by atoms with Crippen molar-refractivity contribution in [3.8, 4) is 17.6 Å². The Morgan fingerprint density at radius 2 is 1.80 bits per heavy atom. The summed E-state index contributed by atoms with van der Waals surface area (Å²) in [4.78, 5) is 21.6. The normalized spacial score (nSPS) is 20.7. The van der Waals surface area contributed by atoms with Gasteiger partial charge in [0.2, 0.25) is 0 Å². The SMILES string of the molecule is CCOc1cc(C=C2SC(=NC3CCCCC3)N(C3CCCCC3)C2=O)cc(Cl)c1OCc1ccccc1C#N. The lowest BCUT2D eigenvalue weighted by atomic mass is 9.94. The highest BCUT2D eigenvalue weighted by Crippen LogP contribution is 2.41. The number of halogens is 1. The first-order valence-corrected chi connectivity index (χ1v) is 15.6. The average molecular weight is 578 g/mol. The van der Waals surface area contributed by atoms with E-state index >= 15 is 0 Å². The van der Waals surface area contributed by atoms with Crippen LogP contribution in [0.15, 0.2) is 46.3 Å². The second kappa shape index (κ2) is 13.6. The second-order valence-electron chi connectivity index (χ2n) is 10.6. The van der Waals surface area contributed by atoms with Crippen LogP contribution in [0.25, 0.3) is 6.08 Å². The van der Waals surface area contributed by atoms with E-state index in [-0.39, 0.29) is 18.6 Å². The zero-order valence-electron chi connectivity index (χ0n) is 23.0. The van der Waals surface area contributed by atoms with Crippen LogP contribution in [0.1, 0.15) is 87.8 Å². The molecule has 0 spiro atoms. The van der Waals surface area contributed by atoms with Crippen molar-refractivity contribution in [3.63, 3.8) is 0 Å². The van der Waals surface area contributed by atoms with Crippen molar-refractivity contribution in [2.45, 2.75) is 89.8 Å². The predicted octanol–water partition coefficient (Wildman–Crippen LogP) is 8.13. The van der Waals surface area contributed by atoms with Crippen molar-refractivity contribution >= 4 is 40.5 Å². The van der Waals surface area contributed by atoms with E-state index in [4.69, 9.17) is 26.1 Å². The van der Waals surface area contributed by atoms with Crippen LogP contribution in [0, 0.1) is 11.3 Å². The fourth-order valence-electron chi connectivity index (χ4n) is 5.73. The number of rotatable bonds is 8. The Morgan fingerprint density at radius 3 is 2.52 bits per heavy atom. The molecule has 0 aromatic heterocycles. The number of carbonyl (C=O) groups excluding carboxylic acids is 1. The average Bonchev–Trinajstić information content (AvgIpc) is 3.27. The fourth-order valence-corrected chi connectivity index (χ4v) is 7.12. The number of amides is 1. The summed E-state index contributed by atoms with van der Waals surface area (Å²) in [6.45, 7) is 2.53. The molecule has 2 aromatic carbocycles. The van der Waals surface area contributed by atoms with Gasteiger partial charge in [0, 0.05) is 11.6 Å². The molecule has 0 N–H and O–H groups in total. The van der Waals surface area contributed by atoms with Gasteiger partial charge < -0.3 is 9.47 Å². The molecule has 1 saturated heterocycles. The fraction of sp³-hybridized carbons (Fsp3) is 0.469. The highest BCUT2D eigenvalue weighted by molar-refractivity contribution is 8.18. The van der Waals surface area contributed by atoms with Gasteiger partial charge in [0.25, 0.3) is 5.91 Å². The number of aliphatic imine (C=N–C) groups is 1. The van der Waals surface area contributed by atoms with E-state index in [1.165, 1.54) is 37.4 Å². The molecule has 0 radical (unpaired) electrons. The Bertz CT molecular complexity index is 1320. The smallest absolute Gasteiger partial charge is 0.266 e. The summed E-state index contributed by atoms with van der Waals surface area (Å²) < 4.78 is 12.0. The Hall–Kier alpha value is -2.95. The number of amidine groups is 1. The standard InChI is InChI=1S/C32H36ClN3O3S/c1-2-38-28-18-22(17-27(33)30(28)39-21-24-12-10-9-11-23(24)20-34)19-29-31(37)36(26-15-7-4-8-16-26)32(40-29)35-25-13-5-3-6-14-25/h9-12,17-19,25-26H,2-8,13-16,21H2,1H3. The first kappa shape index (κ1) is 28.6. The van der Waals surface area contributed by atoms with Crippen LogP contribution in [0.4, 0.5) is 0 Å². The molecule has 3 fully saturated rings. The zero-order valence-corrected chi connectivity index (χ0v) is 24.6. The van der Waals surface area contributed by atoms with Gasteiger partial charge in [-0.3, -0.25) is 14.7 Å². The minimum Gasteiger partial charge on any atom is -0.490 e. The van der Waals surface area contributed by atoms with Crippen LogP contribution in [-0.4, -0.2) is 34.7 Å². The Balaban J connectivity index is 1.42. The number of benzene rings is 2. The molecule has 40 heavy (non-hydrogen) atoms. The molecule has 0 unspecified atom stereocenters. The van der Waals surface area contributed by atoms with E-state index in [9.17, 15) is 10.1 Å². The molecular formula is C32H36ClN3O3S. The summed E-state index contributed by atoms with van der Waals surface area (Å²) >= 11 is 8.21. The maximum absolute atomic E-state index is 13.8. The minimum atomic E-state index is 0.0361. The zero-order chi connectivity index (χ0) is 27.9. The predicted molar refractivity (Wildman–Crippen MR) is 162 cm³/mol. The Labute approximate surface area is 246 Å².